The maximum atomic E-state index is 11.2. The van der Waals surface area contributed by atoms with Crippen molar-refractivity contribution >= 4 is 11.9 Å². The zero-order valence-corrected chi connectivity index (χ0v) is 11.5. The number of rotatable bonds is 2. The molecule has 2 heterocycles. The van der Waals surface area contributed by atoms with Crippen LogP contribution in [-0.2, 0) is 23.8 Å². The van der Waals surface area contributed by atoms with Crippen LogP contribution in [0.4, 0.5) is 0 Å². The lowest BCUT2D eigenvalue weighted by atomic mass is 9.67. The molecule has 6 heteroatoms. The zero-order chi connectivity index (χ0) is 14.5. The van der Waals surface area contributed by atoms with Crippen molar-refractivity contribution in [3.05, 3.63) is 12.2 Å². The van der Waals surface area contributed by atoms with Gasteiger partial charge in [-0.3, -0.25) is 9.59 Å². The van der Waals surface area contributed by atoms with Crippen molar-refractivity contribution in [1.82, 2.24) is 0 Å². The van der Waals surface area contributed by atoms with Crippen LogP contribution in [0.2, 0.25) is 0 Å². The Labute approximate surface area is 116 Å². The summed E-state index contributed by atoms with van der Waals surface area (Å²) in [4.78, 5) is 22.4. The summed E-state index contributed by atoms with van der Waals surface area (Å²) >= 11 is 0. The van der Waals surface area contributed by atoms with Crippen LogP contribution in [0.3, 0.4) is 0 Å². The van der Waals surface area contributed by atoms with E-state index in [1.165, 1.54) is 13.8 Å². The van der Waals surface area contributed by atoms with Gasteiger partial charge in [-0.15, -0.1) is 0 Å². The molecule has 3 aliphatic rings. The molecule has 0 aromatic heterocycles. The van der Waals surface area contributed by atoms with E-state index in [4.69, 9.17) is 14.2 Å². The van der Waals surface area contributed by atoms with Crippen LogP contribution in [0.15, 0.2) is 12.2 Å². The summed E-state index contributed by atoms with van der Waals surface area (Å²) in [6.45, 7) is 2.61. The molecule has 5 atom stereocenters. The topological polar surface area (TPSA) is 82.1 Å². The van der Waals surface area contributed by atoms with E-state index in [1.807, 2.05) is 12.2 Å². The largest absolute Gasteiger partial charge is 0.458 e. The summed E-state index contributed by atoms with van der Waals surface area (Å²) in [5.41, 5.74) is -1.89. The number of aliphatic hydroxyl groups is 1. The number of carbonyl (C=O) groups excluding carboxylic acids is 2. The highest BCUT2D eigenvalue weighted by molar-refractivity contribution is 5.67. The monoisotopic (exact) mass is 282 g/mol. The molecule has 1 saturated heterocycles. The van der Waals surface area contributed by atoms with Crippen molar-refractivity contribution in [2.45, 2.75) is 62.6 Å². The number of fused-ring (bicyclic) bond motifs is 1. The molecule has 1 N–H and O–H groups in total. The number of carbonyl (C=O) groups is 2. The van der Waals surface area contributed by atoms with Gasteiger partial charge in [-0.25, -0.2) is 0 Å². The number of esters is 2. The predicted octanol–water partition coefficient (Wildman–Crippen LogP) is 0.472. The standard InChI is InChI=1S/C14H18O6/c1-8(15)18-11-6-13(17)5-10-3-4-14(13,20-10)7-12(11)19-9(2)16/h3-4,10-12,17H,5-7H2,1-2H3/t10-,11+,12-,13-,14-/m0/s1. The van der Waals surface area contributed by atoms with E-state index in [0.717, 1.165) is 0 Å². The Balaban J connectivity index is 1.87. The van der Waals surface area contributed by atoms with Gasteiger partial charge < -0.3 is 19.3 Å². The van der Waals surface area contributed by atoms with Crippen molar-refractivity contribution in [3.63, 3.8) is 0 Å². The van der Waals surface area contributed by atoms with E-state index >= 15 is 0 Å². The minimum absolute atomic E-state index is 0.117. The molecule has 0 unspecified atom stereocenters. The van der Waals surface area contributed by atoms with Gasteiger partial charge in [0.2, 0.25) is 0 Å². The second kappa shape index (κ2) is 4.30. The van der Waals surface area contributed by atoms with Crippen molar-refractivity contribution in [3.8, 4) is 0 Å². The van der Waals surface area contributed by atoms with Gasteiger partial charge in [-0.05, 0) is 0 Å². The minimum Gasteiger partial charge on any atom is -0.458 e. The lowest BCUT2D eigenvalue weighted by molar-refractivity contribution is -0.204. The van der Waals surface area contributed by atoms with Crippen LogP contribution in [0, 0.1) is 0 Å². The third-order valence-corrected chi connectivity index (χ3v) is 4.36. The van der Waals surface area contributed by atoms with Crippen molar-refractivity contribution in [1.29, 1.82) is 0 Å². The smallest absolute Gasteiger partial charge is 0.303 e. The Morgan fingerprint density at radius 3 is 2.30 bits per heavy atom. The van der Waals surface area contributed by atoms with Gasteiger partial charge in [-0.1, -0.05) is 12.2 Å². The third kappa shape index (κ3) is 1.94. The summed E-state index contributed by atoms with van der Waals surface area (Å²) in [6.07, 6.45) is 3.41. The Morgan fingerprint density at radius 2 is 1.75 bits per heavy atom. The summed E-state index contributed by atoms with van der Waals surface area (Å²) in [6, 6.07) is 0. The highest BCUT2D eigenvalue weighted by Gasteiger charge is 2.65. The maximum Gasteiger partial charge on any atom is 0.303 e. The van der Waals surface area contributed by atoms with Crippen LogP contribution in [0.25, 0.3) is 0 Å². The third-order valence-electron chi connectivity index (χ3n) is 4.36. The van der Waals surface area contributed by atoms with Gasteiger partial charge in [0, 0.05) is 33.1 Å². The normalized spacial score (nSPS) is 45.0. The van der Waals surface area contributed by atoms with Crippen LogP contribution in [0.1, 0.15) is 33.1 Å². The lowest BCUT2D eigenvalue weighted by Gasteiger charge is -2.47. The van der Waals surface area contributed by atoms with E-state index in [9.17, 15) is 14.7 Å². The second-order valence-electron chi connectivity index (χ2n) is 5.84. The van der Waals surface area contributed by atoms with Gasteiger partial charge in [0.05, 0.1) is 6.10 Å². The Kier molecular flexibility index (Phi) is 2.92. The number of hydrogen-bond acceptors (Lipinski definition) is 6. The Bertz CT molecular complexity index is 486. The van der Waals surface area contributed by atoms with E-state index in [-0.39, 0.29) is 12.5 Å². The molecule has 2 bridgehead atoms. The van der Waals surface area contributed by atoms with Gasteiger partial charge in [0.1, 0.15) is 23.4 Å². The van der Waals surface area contributed by atoms with Gasteiger partial charge in [0.25, 0.3) is 0 Å². The van der Waals surface area contributed by atoms with E-state index in [2.05, 4.69) is 0 Å². The Morgan fingerprint density at radius 1 is 1.15 bits per heavy atom. The first-order valence-corrected chi connectivity index (χ1v) is 6.78. The molecule has 2 aliphatic heterocycles. The highest BCUT2D eigenvalue weighted by Crippen LogP contribution is 2.54. The number of hydrogen-bond donors (Lipinski definition) is 1. The Hall–Kier alpha value is -1.40. The van der Waals surface area contributed by atoms with Crippen LogP contribution >= 0.6 is 0 Å². The molecule has 1 spiro atoms. The molecular formula is C14H18O6. The summed E-state index contributed by atoms with van der Waals surface area (Å²) in [5.74, 6) is -0.892. The fraction of sp³-hybridized carbons (Fsp3) is 0.714. The molecule has 110 valence electrons. The predicted molar refractivity (Wildman–Crippen MR) is 66.7 cm³/mol. The van der Waals surface area contributed by atoms with E-state index in [0.29, 0.717) is 12.8 Å². The molecule has 0 aromatic rings. The molecule has 0 amide bonds. The van der Waals surface area contributed by atoms with Crippen LogP contribution < -0.4 is 0 Å². The molecule has 0 aromatic carbocycles. The molecular weight excluding hydrogens is 264 g/mol. The minimum atomic E-state index is -1.07. The zero-order valence-electron chi connectivity index (χ0n) is 11.5. The molecule has 0 radical (unpaired) electrons. The van der Waals surface area contributed by atoms with Gasteiger partial charge >= 0.3 is 11.9 Å². The highest BCUT2D eigenvalue weighted by atomic mass is 16.6. The summed E-state index contributed by atoms with van der Waals surface area (Å²) < 4.78 is 16.3. The van der Waals surface area contributed by atoms with E-state index in [1.54, 1.807) is 0 Å². The SMILES string of the molecule is CC(=O)O[C@H]1C[C@@]23C=C[C@@H](C[C@]2(O)C[C@H]1OC(C)=O)O3. The van der Waals surface area contributed by atoms with Crippen LogP contribution in [-0.4, -0.2) is 46.6 Å². The molecule has 1 saturated carbocycles. The van der Waals surface area contributed by atoms with Crippen molar-refractivity contribution < 1.29 is 28.9 Å². The quantitative estimate of drug-likeness (QED) is 0.586. The lowest BCUT2D eigenvalue weighted by Crippen LogP contribution is -2.61. The van der Waals surface area contributed by atoms with Crippen LogP contribution in [0.5, 0.6) is 0 Å². The average Bonchev–Trinajstić information content (AvgIpc) is 2.80. The first kappa shape index (κ1) is 13.6. The first-order valence-electron chi connectivity index (χ1n) is 6.78. The van der Waals surface area contributed by atoms with Crippen molar-refractivity contribution in [2.75, 3.05) is 0 Å². The second-order valence-corrected chi connectivity index (χ2v) is 5.84. The van der Waals surface area contributed by atoms with Crippen molar-refractivity contribution in [2.24, 2.45) is 0 Å². The summed E-state index contributed by atoms with van der Waals surface area (Å²) in [7, 11) is 0. The first-order chi connectivity index (χ1) is 9.33. The van der Waals surface area contributed by atoms with E-state index < -0.39 is 35.3 Å². The fourth-order valence-corrected chi connectivity index (χ4v) is 3.61. The average molecular weight is 282 g/mol. The molecule has 1 aliphatic carbocycles. The molecule has 3 rings (SSSR count). The fourth-order valence-electron chi connectivity index (χ4n) is 3.61. The molecule has 6 nitrogen and oxygen atoms in total. The molecule has 2 fully saturated rings. The summed E-state index contributed by atoms with van der Waals surface area (Å²) in [5, 5.41) is 10.8. The maximum absolute atomic E-state index is 11.2. The van der Waals surface area contributed by atoms with Gasteiger partial charge in [0.15, 0.2) is 0 Å². The molecule has 20 heavy (non-hydrogen) atoms. The van der Waals surface area contributed by atoms with Gasteiger partial charge in [-0.2, -0.15) is 0 Å². The number of ether oxygens (including phenoxy) is 3.